The second-order valence-electron chi connectivity index (χ2n) is 12.7. The summed E-state index contributed by atoms with van der Waals surface area (Å²) in [6, 6.07) is 0. The average Bonchev–Trinajstić information content (AvgIpc) is 3.31. The fourth-order valence-corrected chi connectivity index (χ4v) is 8.28. The Kier molecular flexibility index (Phi) is 7.36. The predicted octanol–water partition coefficient (Wildman–Crippen LogP) is 3.80. The molecule has 2 saturated carbocycles. The van der Waals surface area contributed by atoms with Crippen molar-refractivity contribution in [3.8, 4) is 0 Å². The van der Waals surface area contributed by atoms with E-state index < -0.39 is 34.6 Å². The number of esters is 3. The first-order valence-electron chi connectivity index (χ1n) is 14.4. The van der Waals surface area contributed by atoms with Gasteiger partial charge in [0.25, 0.3) is 0 Å². The normalized spacial score (nSPS) is 46.1. The monoisotopic (exact) mass is 536 g/mol. The third-order valence-electron chi connectivity index (χ3n) is 10.7. The van der Waals surface area contributed by atoms with Crippen LogP contribution in [0, 0.1) is 34.5 Å². The Morgan fingerprint density at radius 3 is 2.42 bits per heavy atom. The molecule has 0 N–H and O–H groups in total. The van der Waals surface area contributed by atoms with Gasteiger partial charge in [-0.2, -0.15) is 0 Å². The number of epoxide rings is 1. The van der Waals surface area contributed by atoms with E-state index in [0.717, 1.165) is 12.8 Å². The third kappa shape index (κ3) is 4.27. The van der Waals surface area contributed by atoms with Crippen LogP contribution >= 0.6 is 0 Å². The number of hydrogen-bond donors (Lipinski definition) is 0. The van der Waals surface area contributed by atoms with Gasteiger partial charge in [0.2, 0.25) is 0 Å². The molecule has 5 fully saturated rings. The average molecular weight is 537 g/mol. The molecule has 3 saturated heterocycles. The second-order valence-corrected chi connectivity index (χ2v) is 12.7. The number of ether oxygens (including phenoxy) is 6. The molecule has 5 aliphatic rings. The molecule has 2 aliphatic carbocycles. The first kappa shape index (κ1) is 27.8. The molecule has 1 unspecified atom stereocenters. The van der Waals surface area contributed by atoms with Gasteiger partial charge in [-0.1, -0.05) is 27.7 Å². The van der Waals surface area contributed by atoms with Crippen molar-refractivity contribution in [2.24, 2.45) is 34.5 Å². The smallest absolute Gasteiger partial charge is 0.308 e. The van der Waals surface area contributed by atoms with Crippen LogP contribution in [0.15, 0.2) is 0 Å². The summed E-state index contributed by atoms with van der Waals surface area (Å²) in [4.78, 5) is 37.9. The zero-order valence-corrected chi connectivity index (χ0v) is 23.7. The van der Waals surface area contributed by atoms with Crippen LogP contribution in [0.3, 0.4) is 0 Å². The van der Waals surface area contributed by atoms with E-state index in [0.29, 0.717) is 44.8 Å². The minimum Gasteiger partial charge on any atom is -0.465 e. The molecule has 0 radical (unpaired) electrons. The zero-order chi connectivity index (χ0) is 27.5. The molecule has 0 aromatic carbocycles. The largest absolute Gasteiger partial charge is 0.465 e. The predicted molar refractivity (Wildman–Crippen MR) is 135 cm³/mol. The highest BCUT2D eigenvalue weighted by atomic mass is 16.7. The number of fused-ring (bicyclic) bond motifs is 3. The topological polar surface area (TPSA) is 110 Å². The minimum absolute atomic E-state index is 0.0285. The van der Waals surface area contributed by atoms with E-state index in [1.165, 1.54) is 13.8 Å². The van der Waals surface area contributed by atoms with E-state index in [1.807, 2.05) is 13.8 Å². The molecule has 1 spiro atoms. The van der Waals surface area contributed by atoms with Crippen molar-refractivity contribution < 1.29 is 42.8 Å². The molecule has 3 heterocycles. The lowest BCUT2D eigenvalue weighted by atomic mass is 9.41. The summed E-state index contributed by atoms with van der Waals surface area (Å²) in [7, 11) is 0. The Labute approximate surface area is 225 Å². The summed E-state index contributed by atoms with van der Waals surface area (Å²) >= 11 is 0. The summed E-state index contributed by atoms with van der Waals surface area (Å²) < 4.78 is 37.0. The number of carbonyl (C=O) groups excluding carboxylic acids is 3. The van der Waals surface area contributed by atoms with Crippen molar-refractivity contribution in [2.45, 2.75) is 110 Å². The molecule has 214 valence electrons. The Balaban J connectivity index is 1.64. The highest BCUT2D eigenvalue weighted by Gasteiger charge is 2.79. The minimum atomic E-state index is -0.883. The molecule has 38 heavy (non-hydrogen) atoms. The van der Waals surface area contributed by atoms with Crippen LogP contribution in [0.25, 0.3) is 0 Å². The van der Waals surface area contributed by atoms with Crippen LogP contribution in [-0.2, 0) is 42.8 Å². The molecular formula is C29H44O9. The van der Waals surface area contributed by atoms with Crippen molar-refractivity contribution in [2.75, 3.05) is 19.8 Å². The highest BCUT2D eigenvalue weighted by Crippen LogP contribution is 2.70. The molecule has 0 bridgehead atoms. The number of hydrogen-bond acceptors (Lipinski definition) is 9. The fraction of sp³-hybridized carbons (Fsp3) is 0.897. The van der Waals surface area contributed by atoms with Crippen molar-refractivity contribution in [3.63, 3.8) is 0 Å². The van der Waals surface area contributed by atoms with Gasteiger partial charge in [0.15, 0.2) is 6.29 Å². The first-order valence-corrected chi connectivity index (χ1v) is 14.4. The second kappa shape index (κ2) is 10.0. The Hall–Kier alpha value is -1.71. The number of rotatable bonds is 7. The van der Waals surface area contributed by atoms with Gasteiger partial charge in [-0.15, -0.1) is 0 Å². The van der Waals surface area contributed by atoms with Crippen molar-refractivity contribution >= 4 is 17.9 Å². The van der Waals surface area contributed by atoms with Crippen LogP contribution in [0.2, 0.25) is 0 Å². The molecule has 11 atom stereocenters. The van der Waals surface area contributed by atoms with Gasteiger partial charge >= 0.3 is 17.9 Å². The fourth-order valence-electron chi connectivity index (χ4n) is 8.28. The van der Waals surface area contributed by atoms with Gasteiger partial charge < -0.3 is 28.4 Å². The summed E-state index contributed by atoms with van der Waals surface area (Å²) in [5.74, 6) is -1.20. The highest BCUT2D eigenvalue weighted by molar-refractivity contribution is 5.72. The van der Waals surface area contributed by atoms with Crippen LogP contribution in [0.4, 0.5) is 0 Å². The van der Waals surface area contributed by atoms with E-state index in [2.05, 4.69) is 13.8 Å². The van der Waals surface area contributed by atoms with E-state index in [9.17, 15) is 14.4 Å². The molecule has 5 rings (SSSR count). The molecule has 0 aromatic heterocycles. The molecular weight excluding hydrogens is 492 g/mol. The van der Waals surface area contributed by atoms with Crippen molar-refractivity contribution in [1.82, 2.24) is 0 Å². The van der Waals surface area contributed by atoms with Gasteiger partial charge in [0.1, 0.15) is 24.4 Å². The summed E-state index contributed by atoms with van der Waals surface area (Å²) in [5.41, 5.74) is -1.99. The molecule has 3 aliphatic heterocycles. The molecule has 9 nitrogen and oxygen atoms in total. The van der Waals surface area contributed by atoms with Crippen molar-refractivity contribution in [3.05, 3.63) is 0 Å². The van der Waals surface area contributed by atoms with E-state index >= 15 is 0 Å². The van der Waals surface area contributed by atoms with Crippen LogP contribution in [0.1, 0.15) is 80.1 Å². The van der Waals surface area contributed by atoms with Gasteiger partial charge in [-0.05, 0) is 44.4 Å². The SMILES string of the molecule is CCC(C)C(=O)O[C@H]1CC[C@]2(CO2)[C@]2(COC(C)=O)[C@@H](OC(C)=O)C[C@@H](C)[C@](C)([C@@H]3C[C@H]4CCO[C@H]4O3)[C@@H]12. The van der Waals surface area contributed by atoms with Gasteiger partial charge in [-0.3, -0.25) is 14.4 Å². The molecule has 0 amide bonds. The third-order valence-corrected chi connectivity index (χ3v) is 10.7. The maximum absolute atomic E-state index is 13.2. The van der Waals surface area contributed by atoms with Crippen LogP contribution in [0.5, 0.6) is 0 Å². The summed E-state index contributed by atoms with van der Waals surface area (Å²) in [6.45, 7) is 12.3. The zero-order valence-electron chi connectivity index (χ0n) is 23.7. The van der Waals surface area contributed by atoms with E-state index in [-0.39, 0.29) is 48.7 Å². The van der Waals surface area contributed by atoms with Gasteiger partial charge in [0.05, 0.1) is 30.7 Å². The lowest BCUT2D eigenvalue weighted by Crippen LogP contribution is -2.72. The molecule has 0 aromatic rings. The number of carbonyl (C=O) groups is 3. The standard InChI is InChI=1S/C29H44O9/c1-7-16(2)25(32)37-21-8-10-28(14-35-28)29(15-34-18(4)30)23(36-19(5)31)12-17(3)27(6,24(21)29)22-13-20-9-11-33-26(20)38-22/h16-17,20-24,26H,7-15H2,1-6H3/t16?,17-,20-,21+,22+,23+,24-,26+,27-,28+,29-/m1/s1. The van der Waals surface area contributed by atoms with E-state index in [4.69, 9.17) is 28.4 Å². The van der Waals surface area contributed by atoms with Crippen LogP contribution < -0.4 is 0 Å². The van der Waals surface area contributed by atoms with Gasteiger partial charge in [0, 0.05) is 31.1 Å². The van der Waals surface area contributed by atoms with Crippen LogP contribution in [-0.4, -0.2) is 67.9 Å². The van der Waals surface area contributed by atoms with E-state index in [1.54, 1.807) is 0 Å². The lowest BCUT2D eigenvalue weighted by molar-refractivity contribution is -0.279. The Morgan fingerprint density at radius 1 is 1.08 bits per heavy atom. The maximum Gasteiger partial charge on any atom is 0.308 e. The summed E-state index contributed by atoms with van der Waals surface area (Å²) in [6.07, 6.45) is 2.92. The van der Waals surface area contributed by atoms with Gasteiger partial charge in [-0.25, -0.2) is 0 Å². The Bertz CT molecular complexity index is 934. The quantitative estimate of drug-likeness (QED) is 0.273. The Morgan fingerprint density at radius 2 is 1.82 bits per heavy atom. The first-order chi connectivity index (χ1) is 18.0. The molecule has 9 heteroatoms. The summed E-state index contributed by atoms with van der Waals surface area (Å²) in [5, 5.41) is 0. The maximum atomic E-state index is 13.2. The lowest BCUT2D eigenvalue weighted by Gasteiger charge is -2.65. The van der Waals surface area contributed by atoms with Crippen molar-refractivity contribution in [1.29, 1.82) is 0 Å².